The Labute approximate surface area is 172 Å². The van der Waals surface area contributed by atoms with Crippen molar-refractivity contribution in [3.63, 3.8) is 0 Å². The molecule has 0 spiro atoms. The zero-order valence-corrected chi connectivity index (χ0v) is 16.2. The maximum absolute atomic E-state index is 12.9. The van der Waals surface area contributed by atoms with Gasteiger partial charge in [-0.3, -0.25) is 14.5 Å². The van der Waals surface area contributed by atoms with Crippen LogP contribution in [0.5, 0.6) is 0 Å². The summed E-state index contributed by atoms with van der Waals surface area (Å²) in [5, 5.41) is 5.61. The number of carbonyl (C=O) groups excluding carboxylic acids is 3. The molecule has 0 bridgehead atoms. The zero-order valence-electron chi connectivity index (χ0n) is 16.2. The Morgan fingerprint density at radius 1 is 1.03 bits per heavy atom. The summed E-state index contributed by atoms with van der Waals surface area (Å²) in [5.74, 6) is -0.620. The second kappa shape index (κ2) is 6.59. The number of furan rings is 1. The van der Waals surface area contributed by atoms with E-state index < -0.39 is 23.4 Å². The Kier molecular flexibility index (Phi) is 3.99. The zero-order chi connectivity index (χ0) is 20.9. The number of benzene rings is 2. The van der Waals surface area contributed by atoms with Crippen molar-refractivity contribution in [3.05, 3.63) is 83.8 Å². The summed E-state index contributed by atoms with van der Waals surface area (Å²) in [5.41, 5.74) is 2.79. The van der Waals surface area contributed by atoms with Crippen molar-refractivity contribution in [1.29, 1.82) is 0 Å². The number of carbonyl (C=O) groups is 3. The predicted molar refractivity (Wildman–Crippen MR) is 108 cm³/mol. The first kappa shape index (κ1) is 18.2. The van der Waals surface area contributed by atoms with E-state index in [1.165, 1.54) is 6.26 Å². The van der Waals surface area contributed by atoms with Gasteiger partial charge in [-0.2, -0.15) is 0 Å². The first-order valence-corrected chi connectivity index (χ1v) is 9.65. The van der Waals surface area contributed by atoms with Gasteiger partial charge in [-0.25, -0.2) is 4.79 Å². The van der Waals surface area contributed by atoms with E-state index in [1.807, 2.05) is 48.5 Å². The van der Waals surface area contributed by atoms with Gasteiger partial charge >= 0.3 is 6.03 Å². The van der Waals surface area contributed by atoms with E-state index in [0.29, 0.717) is 5.76 Å². The minimum absolute atomic E-state index is 0.322. The minimum Gasteiger partial charge on any atom is -0.466 e. The molecule has 1 aromatic heterocycles. The summed E-state index contributed by atoms with van der Waals surface area (Å²) in [6, 6.07) is 18.1. The van der Waals surface area contributed by atoms with E-state index in [-0.39, 0.29) is 12.6 Å². The van der Waals surface area contributed by atoms with Crippen LogP contribution in [0, 0.1) is 0 Å². The van der Waals surface area contributed by atoms with E-state index in [2.05, 4.69) is 10.6 Å². The second-order valence-corrected chi connectivity index (χ2v) is 7.60. The fourth-order valence-electron chi connectivity index (χ4n) is 4.23. The molecular formula is C23H19N3O4. The highest BCUT2D eigenvalue weighted by atomic mass is 16.3. The van der Waals surface area contributed by atoms with E-state index in [1.54, 1.807) is 19.1 Å². The first-order chi connectivity index (χ1) is 14.5. The van der Waals surface area contributed by atoms with E-state index in [9.17, 15) is 14.4 Å². The fourth-order valence-corrected chi connectivity index (χ4v) is 4.23. The molecule has 1 saturated heterocycles. The van der Waals surface area contributed by atoms with Crippen LogP contribution in [0.2, 0.25) is 0 Å². The number of amides is 4. The Morgan fingerprint density at radius 3 is 2.27 bits per heavy atom. The van der Waals surface area contributed by atoms with Crippen molar-refractivity contribution in [3.8, 4) is 11.1 Å². The highest BCUT2D eigenvalue weighted by Gasteiger charge is 2.51. The van der Waals surface area contributed by atoms with Crippen molar-refractivity contribution in [2.75, 3.05) is 6.54 Å². The Hall–Kier alpha value is -3.87. The van der Waals surface area contributed by atoms with Crippen LogP contribution >= 0.6 is 0 Å². The molecule has 1 aliphatic heterocycles. The highest BCUT2D eigenvalue weighted by molar-refractivity contribution is 6.09. The lowest BCUT2D eigenvalue weighted by atomic mass is 9.99. The summed E-state index contributed by atoms with van der Waals surface area (Å²) in [6.07, 6.45) is 1.43. The molecule has 4 amide bonds. The van der Waals surface area contributed by atoms with Crippen molar-refractivity contribution in [2.24, 2.45) is 0 Å². The Bertz CT molecular complexity index is 1130. The van der Waals surface area contributed by atoms with Gasteiger partial charge in [0, 0.05) is 0 Å². The minimum atomic E-state index is -1.33. The molecule has 5 rings (SSSR count). The largest absolute Gasteiger partial charge is 0.466 e. The lowest BCUT2D eigenvalue weighted by Crippen LogP contribution is -2.43. The third-order valence-corrected chi connectivity index (χ3v) is 5.73. The van der Waals surface area contributed by atoms with E-state index in [0.717, 1.165) is 27.2 Å². The van der Waals surface area contributed by atoms with Crippen LogP contribution < -0.4 is 10.6 Å². The number of nitrogens with one attached hydrogen (secondary N) is 2. The van der Waals surface area contributed by atoms with E-state index >= 15 is 0 Å². The number of imide groups is 1. The van der Waals surface area contributed by atoms with Crippen LogP contribution in [0.25, 0.3) is 11.1 Å². The van der Waals surface area contributed by atoms with Crippen LogP contribution in [-0.4, -0.2) is 29.3 Å². The van der Waals surface area contributed by atoms with E-state index in [4.69, 9.17) is 4.42 Å². The van der Waals surface area contributed by atoms with Gasteiger partial charge in [0.05, 0.1) is 12.3 Å². The number of fused-ring (bicyclic) bond motifs is 3. The topological polar surface area (TPSA) is 91.7 Å². The molecule has 2 N–H and O–H groups in total. The normalized spacial score (nSPS) is 20.1. The maximum atomic E-state index is 12.9. The third kappa shape index (κ3) is 2.62. The molecule has 1 atom stereocenters. The summed E-state index contributed by atoms with van der Waals surface area (Å²) in [6.45, 7) is 1.19. The lowest BCUT2D eigenvalue weighted by molar-refractivity contribution is -0.135. The Balaban J connectivity index is 1.37. The number of hydrogen-bond acceptors (Lipinski definition) is 4. The standard InChI is InChI=1S/C23H19N3O4/c1-23(18-11-6-12-30-18)21(28)26(22(29)25-23)13-19(27)24-20-16-9-4-2-7-14(16)15-8-3-5-10-17(15)20/h2-12,20H,13H2,1H3,(H,24,27)(H,25,29). The van der Waals surface area contributed by atoms with Crippen molar-refractivity contribution in [1.82, 2.24) is 15.5 Å². The van der Waals surface area contributed by atoms with Crippen LogP contribution in [-0.2, 0) is 15.1 Å². The third-order valence-electron chi connectivity index (χ3n) is 5.73. The summed E-state index contributed by atoms with van der Waals surface area (Å²) in [4.78, 5) is 39.1. The van der Waals surface area contributed by atoms with Crippen LogP contribution in [0.3, 0.4) is 0 Å². The van der Waals surface area contributed by atoms with Crippen molar-refractivity contribution >= 4 is 17.8 Å². The second-order valence-electron chi connectivity index (χ2n) is 7.60. The molecule has 2 heterocycles. The smallest absolute Gasteiger partial charge is 0.325 e. The molecular weight excluding hydrogens is 382 g/mol. The molecule has 150 valence electrons. The number of hydrogen-bond donors (Lipinski definition) is 2. The fraction of sp³-hybridized carbons (Fsp3) is 0.174. The average molecular weight is 401 g/mol. The SMILES string of the molecule is CC1(c2ccco2)NC(=O)N(CC(=O)NC2c3ccccc3-c3ccccc32)C1=O. The number of nitrogens with zero attached hydrogens (tertiary/aromatic N) is 1. The maximum Gasteiger partial charge on any atom is 0.325 e. The molecule has 1 aliphatic carbocycles. The van der Waals surface area contributed by atoms with Gasteiger partial charge < -0.3 is 15.1 Å². The number of rotatable bonds is 4. The quantitative estimate of drug-likeness (QED) is 0.658. The summed E-state index contributed by atoms with van der Waals surface area (Å²) < 4.78 is 5.32. The van der Waals surface area contributed by atoms with Crippen LogP contribution in [0.4, 0.5) is 4.79 Å². The van der Waals surface area contributed by atoms with Gasteiger partial charge in [-0.15, -0.1) is 0 Å². The Morgan fingerprint density at radius 2 is 1.67 bits per heavy atom. The van der Waals surface area contributed by atoms with Crippen molar-refractivity contribution < 1.29 is 18.8 Å². The predicted octanol–water partition coefficient (Wildman–Crippen LogP) is 2.93. The van der Waals surface area contributed by atoms with Gasteiger partial charge in [0.15, 0.2) is 5.54 Å². The molecule has 1 fully saturated rings. The summed E-state index contributed by atoms with van der Waals surface area (Å²) in [7, 11) is 0. The molecule has 7 nitrogen and oxygen atoms in total. The molecule has 3 aromatic rings. The van der Waals surface area contributed by atoms with Gasteiger partial charge in [-0.05, 0) is 41.3 Å². The molecule has 0 radical (unpaired) electrons. The molecule has 0 saturated carbocycles. The lowest BCUT2D eigenvalue weighted by Gasteiger charge is -2.20. The molecule has 30 heavy (non-hydrogen) atoms. The monoisotopic (exact) mass is 401 g/mol. The van der Waals surface area contributed by atoms with Gasteiger partial charge in [-0.1, -0.05) is 48.5 Å². The summed E-state index contributed by atoms with van der Waals surface area (Å²) >= 11 is 0. The average Bonchev–Trinajstić information content (AvgIpc) is 3.44. The molecule has 2 aromatic carbocycles. The van der Waals surface area contributed by atoms with Crippen LogP contribution in [0.1, 0.15) is 29.9 Å². The van der Waals surface area contributed by atoms with Crippen LogP contribution in [0.15, 0.2) is 71.3 Å². The van der Waals surface area contributed by atoms with Crippen molar-refractivity contribution in [2.45, 2.75) is 18.5 Å². The first-order valence-electron chi connectivity index (χ1n) is 9.65. The highest BCUT2D eigenvalue weighted by Crippen LogP contribution is 2.43. The molecule has 2 aliphatic rings. The van der Waals surface area contributed by atoms with Gasteiger partial charge in [0.25, 0.3) is 5.91 Å². The van der Waals surface area contributed by atoms with Gasteiger partial charge in [0.1, 0.15) is 12.3 Å². The number of urea groups is 1. The molecule has 7 heteroatoms. The van der Waals surface area contributed by atoms with Gasteiger partial charge in [0.2, 0.25) is 5.91 Å². The molecule has 1 unspecified atom stereocenters.